The SMILES string of the molecule is Cc1ccc(Cl)cc1NC(=O)N1CCC[C@@H]1c1cccc(F)c1. The quantitative estimate of drug-likeness (QED) is 0.809. The lowest BCUT2D eigenvalue weighted by atomic mass is 10.0. The van der Waals surface area contributed by atoms with E-state index in [-0.39, 0.29) is 17.9 Å². The Kier molecular flexibility index (Phi) is 4.53. The first kappa shape index (κ1) is 15.8. The van der Waals surface area contributed by atoms with Gasteiger partial charge in [0.25, 0.3) is 0 Å². The Morgan fingerprint density at radius 2 is 2.13 bits per heavy atom. The summed E-state index contributed by atoms with van der Waals surface area (Å²) in [5, 5.41) is 3.49. The Labute approximate surface area is 140 Å². The van der Waals surface area contributed by atoms with Gasteiger partial charge in [-0.3, -0.25) is 0 Å². The van der Waals surface area contributed by atoms with E-state index in [1.807, 2.05) is 19.1 Å². The van der Waals surface area contributed by atoms with E-state index in [4.69, 9.17) is 11.6 Å². The molecule has 0 aromatic heterocycles. The van der Waals surface area contributed by atoms with Crippen molar-refractivity contribution in [2.24, 2.45) is 0 Å². The maximum absolute atomic E-state index is 13.5. The summed E-state index contributed by atoms with van der Waals surface area (Å²) in [5.74, 6) is -0.277. The van der Waals surface area contributed by atoms with Crippen LogP contribution in [0.1, 0.15) is 30.0 Å². The number of anilines is 1. The van der Waals surface area contributed by atoms with E-state index in [1.165, 1.54) is 12.1 Å². The molecule has 1 atom stereocenters. The number of likely N-dealkylation sites (tertiary alicyclic amines) is 1. The number of urea groups is 1. The van der Waals surface area contributed by atoms with E-state index in [1.54, 1.807) is 23.1 Å². The fourth-order valence-electron chi connectivity index (χ4n) is 2.99. The minimum Gasteiger partial charge on any atom is -0.317 e. The highest BCUT2D eigenvalue weighted by Crippen LogP contribution is 2.33. The molecule has 1 N–H and O–H groups in total. The summed E-state index contributed by atoms with van der Waals surface area (Å²) >= 11 is 6.00. The van der Waals surface area contributed by atoms with Gasteiger partial charge in [-0.1, -0.05) is 29.8 Å². The Bertz CT molecular complexity index is 735. The summed E-state index contributed by atoms with van der Waals surface area (Å²) < 4.78 is 13.5. The molecule has 0 unspecified atom stereocenters. The van der Waals surface area contributed by atoms with Gasteiger partial charge in [-0.25, -0.2) is 9.18 Å². The number of hydrogen-bond acceptors (Lipinski definition) is 1. The molecular formula is C18H18ClFN2O. The lowest BCUT2D eigenvalue weighted by molar-refractivity contribution is 0.207. The van der Waals surface area contributed by atoms with Gasteiger partial charge in [0.1, 0.15) is 5.82 Å². The molecular weight excluding hydrogens is 315 g/mol. The van der Waals surface area contributed by atoms with Gasteiger partial charge in [0.15, 0.2) is 0 Å². The second-order valence-electron chi connectivity index (χ2n) is 5.80. The monoisotopic (exact) mass is 332 g/mol. The molecule has 120 valence electrons. The van der Waals surface area contributed by atoms with Gasteiger partial charge in [-0.05, 0) is 55.2 Å². The molecule has 5 heteroatoms. The lowest BCUT2D eigenvalue weighted by Gasteiger charge is -2.26. The van der Waals surface area contributed by atoms with Gasteiger partial charge in [0.05, 0.1) is 6.04 Å². The highest BCUT2D eigenvalue weighted by atomic mass is 35.5. The predicted octanol–water partition coefficient (Wildman–Crippen LogP) is 5.16. The van der Waals surface area contributed by atoms with Crippen LogP contribution in [0.4, 0.5) is 14.9 Å². The molecule has 0 spiro atoms. The van der Waals surface area contributed by atoms with E-state index < -0.39 is 0 Å². The first-order chi connectivity index (χ1) is 11.0. The maximum Gasteiger partial charge on any atom is 0.322 e. The van der Waals surface area contributed by atoms with Crippen LogP contribution in [0.5, 0.6) is 0 Å². The highest BCUT2D eigenvalue weighted by molar-refractivity contribution is 6.31. The Balaban J connectivity index is 1.79. The van der Waals surface area contributed by atoms with Crippen molar-refractivity contribution in [1.82, 2.24) is 4.90 Å². The van der Waals surface area contributed by atoms with Crippen LogP contribution in [0.25, 0.3) is 0 Å². The van der Waals surface area contributed by atoms with E-state index in [0.717, 1.165) is 24.0 Å². The number of nitrogens with one attached hydrogen (secondary N) is 1. The molecule has 0 radical (unpaired) electrons. The molecule has 1 aliphatic rings. The fourth-order valence-corrected chi connectivity index (χ4v) is 3.16. The van der Waals surface area contributed by atoms with E-state index in [0.29, 0.717) is 17.3 Å². The first-order valence-corrected chi connectivity index (χ1v) is 8.01. The van der Waals surface area contributed by atoms with Gasteiger partial charge in [-0.15, -0.1) is 0 Å². The predicted molar refractivity (Wildman–Crippen MR) is 90.3 cm³/mol. The molecule has 1 heterocycles. The van der Waals surface area contributed by atoms with E-state index in [2.05, 4.69) is 5.32 Å². The molecule has 0 bridgehead atoms. The molecule has 2 aromatic carbocycles. The van der Waals surface area contributed by atoms with E-state index in [9.17, 15) is 9.18 Å². The Morgan fingerprint density at radius 1 is 1.30 bits per heavy atom. The number of halogens is 2. The molecule has 1 saturated heterocycles. The lowest BCUT2D eigenvalue weighted by Crippen LogP contribution is -2.34. The standard InChI is InChI=1S/C18H18ClFN2O/c1-12-7-8-14(19)11-16(12)21-18(23)22-9-3-6-17(22)13-4-2-5-15(20)10-13/h2,4-5,7-8,10-11,17H,3,6,9H2,1H3,(H,21,23)/t17-/m1/s1. The highest BCUT2D eigenvalue weighted by Gasteiger charge is 2.30. The molecule has 23 heavy (non-hydrogen) atoms. The van der Waals surface area contributed by atoms with Crippen LogP contribution in [-0.2, 0) is 0 Å². The van der Waals surface area contributed by atoms with Crippen LogP contribution in [-0.4, -0.2) is 17.5 Å². The van der Waals surface area contributed by atoms with Gasteiger partial charge in [0.2, 0.25) is 0 Å². The second kappa shape index (κ2) is 6.59. The third-order valence-electron chi connectivity index (χ3n) is 4.19. The van der Waals surface area contributed by atoms with Gasteiger partial charge in [0, 0.05) is 17.3 Å². The zero-order chi connectivity index (χ0) is 16.4. The van der Waals surface area contributed by atoms with Gasteiger partial charge < -0.3 is 10.2 Å². The normalized spacial score (nSPS) is 17.3. The summed E-state index contributed by atoms with van der Waals surface area (Å²) in [7, 11) is 0. The van der Waals surface area contributed by atoms with Gasteiger partial charge >= 0.3 is 6.03 Å². The third-order valence-corrected chi connectivity index (χ3v) is 4.42. The van der Waals surface area contributed by atoms with Crippen molar-refractivity contribution in [2.75, 3.05) is 11.9 Å². The smallest absolute Gasteiger partial charge is 0.317 e. The van der Waals surface area contributed by atoms with Crippen LogP contribution >= 0.6 is 11.6 Å². The first-order valence-electron chi connectivity index (χ1n) is 7.64. The Hall–Kier alpha value is -2.07. The number of nitrogens with zero attached hydrogens (tertiary/aromatic N) is 1. The molecule has 3 rings (SSSR count). The zero-order valence-electron chi connectivity index (χ0n) is 12.9. The number of aryl methyl sites for hydroxylation is 1. The molecule has 2 aromatic rings. The van der Waals surface area contributed by atoms with Crippen LogP contribution < -0.4 is 5.32 Å². The minimum absolute atomic E-state index is 0.0924. The van der Waals surface area contributed by atoms with Crippen molar-refractivity contribution in [3.8, 4) is 0 Å². The molecule has 3 nitrogen and oxygen atoms in total. The van der Waals surface area contributed by atoms with Crippen molar-refractivity contribution < 1.29 is 9.18 Å². The largest absolute Gasteiger partial charge is 0.322 e. The van der Waals surface area contributed by atoms with Crippen molar-refractivity contribution in [2.45, 2.75) is 25.8 Å². The Morgan fingerprint density at radius 3 is 2.91 bits per heavy atom. The summed E-state index contributed by atoms with van der Waals surface area (Å²) in [6.07, 6.45) is 1.74. The summed E-state index contributed by atoms with van der Waals surface area (Å²) in [6, 6.07) is 11.6. The molecule has 1 aliphatic heterocycles. The minimum atomic E-state index is -0.277. The van der Waals surface area contributed by atoms with Crippen molar-refractivity contribution in [1.29, 1.82) is 0 Å². The molecule has 2 amide bonds. The summed E-state index contributed by atoms with van der Waals surface area (Å²) in [5.41, 5.74) is 2.48. The topological polar surface area (TPSA) is 32.3 Å². The van der Waals surface area contributed by atoms with Crippen LogP contribution in [0.3, 0.4) is 0 Å². The second-order valence-corrected chi connectivity index (χ2v) is 6.23. The molecule has 0 saturated carbocycles. The van der Waals surface area contributed by atoms with Crippen molar-refractivity contribution in [3.05, 3.63) is 64.4 Å². The van der Waals surface area contributed by atoms with E-state index >= 15 is 0 Å². The zero-order valence-corrected chi connectivity index (χ0v) is 13.6. The maximum atomic E-state index is 13.5. The van der Waals surface area contributed by atoms with Crippen LogP contribution in [0.2, 0.25) is 5.02 Å². The molecule has 0 aliphatic carbocycles. The summed E-state index contributed by atoms with van der Waals surface area (Å²) in [6.45, 7) is 2.58. The van der Waals surface area contributed by atoms with Gasteiger partial charge in [-0.2, -0.15) is 0 Å². The number of amides is 2. The number of carbonyl (C=O) groups excluding carboxylic acids is 1. The average molecular weight is 333 g/mol. The number of hydrogen-bond donors (Lipinski definition) is 1. The fraction of sp³-hybridized carbons (Fsp3) is 0.278. The van der Waals surface area contributed by atoms with Crippen LogP contribution in [0.15, 0.2) is 42.5 Å². The molecule has 1 fully saturated rings. The number of benzene rings is 2. The average Bonchev–Trinajstić information content (AvgIpc) is 3.00. The van der Waals surface area contributed by atoms with Crippen molar-refractivity contribution >= 4 is 23.3 Å². The van der Waals surface area contributed by atoms with Crippen LogP contribution in [0, 0.1) is 12.7 Å². The third kappa shape index (κ3) is 3.48. The number of rotatable bonds is 2. The van der Waals surface area contributed by atoms with Crippen molar-refractivity contribution in [3.63, 3.8) is 0 Å². The summed E-state index contributed by atoms with van der Waals surface area (Å²) in [4.78, 5) is 14.4. The number of carbonyl (C=O) groups is 1.